The summed E-state index contributed by atoms with van der Waals surface area (Å²) in [5.74, 6) is -0.744. The summed E-state index contributed by atoms with van der Waals surface area (Å²) >= 11 is 0. The van der Waals surface area contributed by atoms with Gasteiger partial charge in [-0.15, -0.1) is 0 Å². The minimum atomic E-state index is -3.90. The topological polar surface area (TPSA) is 96.6 Å². The van der Waals surface area contributed by atoms with Crippen LogP contribution < -0.4 is 4.72 Å². The Balaban J connectivity index is 2.88. The highest BCUT2D eigenvalue weighted by Crippen LogP contribution is 2.14. The van der Waals surface area contributed by atoms with Gasteiger partial charge in [-0.05, 0) is 25.5 Å². The monoisotopic (exact) mass is 261 g/mol. The molecule has 7 heteroatoms. The van der Waals surface area contributed by atoms with E-state index in [0.717, 1.165) is 0 Å². The molecule has 0 aromatic carbocycles. The zero-order valence-corrected chi connectivity index (χ0v) is 10.5. The quantitative estimate of drug-likeness (QED) is 0.799. The first kappa shape index (κ1) is 13.7. The summed E-state index contributed by atoms with van der Waals surface area (Å²) in [6.07, 6.45) is 0.797. The largest absolute Gasteiger partial charge is 0.480 e. The van der Waals surface area contributed by atoms with E-state index >= 15 is 0 Å². The molecule has 0 amide bonds. The van der Waals surface area contributed by atoms with E-state index in [-0.39, 0.29) is 11.5 Å². The van der Waals surface area contributed by atoms with Crippen LogP contribution in [0.2, 0.25) is 0 Å². The lowest BCUT2D eigenvalue weighted by Gasteiger charge is -2.12. The van der Waals surface area contributed by atoms with E-state index in [1.165, 1.54) is 12.1 Å². The van der Waals surface area contributed by atoms with Gasteiger partial charge in [-0.1, -0.05) is 13.3 Å². The van der Waals surface area contributed by atoms with Gasteiger partial charge in [-0.3, -0.25) is 4.79 Å². The van der Waals surface area contributed by atoms with Crippen molar-refractivity contribution >= 4 is 16.0 Å². The van der Waals surface area contributed by atoms with Crippen molar-refractivity contribution in [3.05, 3.63) is 17.9 Å². The van der Waals surface area contributed by atoms with Gasteiger partial charge in [0.2, 0.25) is 5.09 Å². The van der Waals surface area contributed by atoms with Gasteiger partial charge in [-0.25, -0.2) is 8.42 Å². The zero-order valence-electron chi connectivity index (χ0n) is 9.63. The normalized spacial score (nSPS) is 13.5. The van der Waals surface area contributed by atoms with Crippen LogP contribution in [-0.4, -0.2) is 25.5 Å². The molecule has 0 radical (unpaired) electrons. The third kappa shape index (κ3) is 3.57. The molecular weight excluding hydrogens is 246 g/mol. The summed E-state index contributed by atoms with van der Waals surface area (Å²) < 4.78 is 30.6. The van der Waals surface area contributed by atoms with Crippen molar-refractivity contribution in [1.29, 1.82) is 0 Å². The molecule has 0 saturated carbocycles. The van der Waals surface area contributed by atoms with Crippen LogP contribution >= 0.6 is 0 Å². The number of nitrogens with one attached hydrogen (secondary N) is 1. The van der Waals surface area contributed by atoms with Crippen LogP contribution in [0.4, 0.5) is 0 Å². The number of aliphatic carboxylic acids is 1. The molecule has 0 fully saturated rings. The fourth-order valence-electron chi connectivity index (χ4n) is 1.32. The van der Waals surface area contributed by atoms with Crippen LogP contribution in [0.5, 0.6) is 0 Å². The maximum absolute atomic E-state index is 11.8. The number of rotatable bonds is 6. The number of carboxylic acids is 1. The molecule has 1 rings (SSSR count). The molecule has 1 aromatic rings. The molecule has 17 heavy (non-hydrogen) atoms. The summed E-state index contributed by atoms with van der Waals surface area (Å²) in [6, 6.07) is 1.67. The predicted molar refractivity (Wildman–Crippen MR) is 60.1 cm³/mol. The van der Waals surface area contributed by atoms with Gasteiger partial charge in [0.25, 0.3) is 10.0 Å². The molecule has 1 heterocycles. The molecule has 0 spiro atoms. The summed E-state index contributed by atoms with van der Waals surface area (Å²) in [5.41, 5.74) is 0. The van der Waals surface area contributed by atoms with Gasteiger partial charge in [0.15, 0.2) is 0 Å². The standard InChI is InChI=1S/C10H15NO5S/c1-3-4-8(10(12)13)11-17(14,15)9-6-5-7(2)16-9/h5-6,8,11H,3-4H2,1-2H3,(H,12,13). The molecule has 0 aliphatic carbocycles. The van der Waals surface area contributed by atoms with E-state index in [4.69, 9.17) is 9.52 Å². The van der Waals surface area contributed by atoms with Gasteiger partial charge < -0.3 is 9.52 Å². The first-order valence-corrected chi connectivity index (χ1v) is 6.66. The molecular formula is C10H15NO5S. The van der Waals surface area contributed by atoms with Crippen LogP contribution in [0, 0.1) is 6.92 Å². The van der Waals surface area contributed by atoms with Crippen molar-refractivity contribution in [3.8, 4) is 0 Å². The maximum Gasteiger partial charge on any atom is 0.321 e. The molecule has 1 aromatic heterocycles. The van der Waals surface area contributed by atoms with Crippen LogP contribution in [0.1, 0.15) is 25.5 Å². The van der Waals surface area contributed by atoms with Crippen molar-refractivity contribution in [1.82, 2.24) is 4.72 Å². The van der Waals surface area contributed by atoms with Crippen molar-refractivity contribution < 1.29 is 22.7 Å². The Labute approximate surface area is 99.7 Å². The van der Waals surface area contributed by atoms with Crippen molar-refractivity contribution in [2.45, 2.75) is 37.8 Å². The van der Waals surface area contributed by atoms with Gasteiger partial charge in [0.05, 0.1) is 0 Å². The molecule has 96 valence electrons. The highest BCUT2D eigenvalue weighted by molar-refractivity contribution is 7.89. The van der Waals surface area contributed by atoms with E-state index in [1.54, 1.807) is 13.8 Å². The first-order chi connectivity index (χ1) is 7.86. The summed E-state index contributed by atoms with van der Waals surface area (Å²) in [7, 11) is -3.90. The average molecular weight is 261 g/mol. The Kier molecular flexibility index (Phi) is 4.30. The number of carbonyl (C=O) groups is 1. The fraction of sp³-hybridized carbons (Fsp3) is 0.500. The number of hydrogen-bond acceptors (Lipinski definition) is 4. The fourth-order valence-corrected chi connectivity index (χ4v) is 2.52. The number of furan rings is 1. The third-order valence-corrected chi connectivity index (χ3v) is 3.50. The minimum Gasteiger partial charge on any atom is -0.480 e. The van der Waals surface area contributed by atoms with E-state index in [1.807, 2.05) is 0 Å². The molecule has 1 atom stereocenters. The third-order valence-electron chi connectivity index (χ3n) is 2.15. The van der Waals surface area contributed by atoms with Crippen LogP contribution in [-0.2, 0) is 14.8 Å². The minimum absolute atomic E-state index is 0.230. The summed E-state index contributed by atoms with van der Waals surface area (Å²) in [6.45, 7) is 3.39. The van der Waals surface area contributed by atoms with E-state index in [2.05, 4.69) is 4.72 Å². The van der Waals surface area contributed by atoms with Crippen LogP contribution in [0.25, 0.3) is 0 Å². The van der Waals surface area contributed by atoms with E-state index < -0.39 is 22.0 Å². The second-order valence-corrected chi connectivity index (χ2v) is 5.31. The summed E-state index contributed by atoms with van der Waals surface area (Å²) in [4.78, 5) is 10.8. The number of aryl methyl sites for hydroxylation is 1. The molecule has 1 unspecified atom stereocenters. The van der Waals surface area contributed by atoms with Gasteiger partial charge >= 0.3 is 5.97 Å². The highest BCUT2D eigenvalue weighted by Gasteiger charge is 2.26. The Morgan fingerprint density at radius 3 is 2.59 bits per heavy atom. The Hall–Kier alpha value is -1.34. The molecule has 0 aliphatic rings. The summed E-state index contributed by atoms with van der Waals surface area (Å²) in [5, 5.41) is 8.60. The van der Waals surface area contributed by atoms with Gasteiger partial charge in [0, 0.05) is 0 Å². The lowest BCUT2D eigenvalue weighted by atomic mass is 10.2. The smallest absolute Gasteiger partial charge is 0.321 e. The lowest BCUT2D eigenvalue weighted by molar-refractivity contribution is -0.139. The molecule has 6 nitrogen and oxygen atoms in total. The SMILES string of the molecule is CCCC(NS(=O)(=O)c1ccc(C)o1)C(=O)O. The first-order valence-electron chi connectivity index (χ1n) is 5.18. The number of hydrogen-bond donors (Lipinski definition) is 2. The second kappa shape index (κ2) is 5.33. The Bertz CT molecular complexity index is 491. The molecule has 0 saturated heterocycles. The molecule has 0 aliphatic heterocycles. The van der Waals surface area contributed by atoms with Crippen LogP contribution in [0.3, 0.4) is 0 Å². The van der Waals surface area contributed by atoms with Gasteiger partial charge in [0.1, 0.15) is 11.8 Å². The number of carboxylic acid groups (broad SMARTS) is 1. The van der Waals surface area contributed by atoms with Crippen molar-refractivity contribution in [2.75, 3.05) is 0 Å². The lowest BCUT2D eigenvalue weighted by Crippen LogP contribution is -2.40. The van der Waals surface area contributed by atoms with Crippen molar-refractivity contribution in [2.24, 2.45) is 0 Å². The number of sulfonamides is 1. The maximum atomic E-state index is 11.8. The molecule has 0 bridgehead atoms. The van der Waals surface area contributed by atoms with E-state index in [0.29, 0.717) is 12.2 Å². The zero-order chi connectivity index (χ0) is 13.1. The second-order valence-electron chi connectivity index (χ2n) is 3.67. The Morgan fingerprint density at radius 1 is 1.53 bits per heavy atom. The van der Waals surface area contributed by atoms with Crippen LogP contribution in [0.15, 0.2) is 21.6 Å². The predicted octanol–water partition coefficient (Wildman–Crippen LogP) is 1.12. The molecule has 2 N–H and O–H groups in total. The Morgan fingerprint density at radius 2 is 2.18 bits per heavy atom. The highest BCUT2D eigenvalue weighted by atomic mass is 32.2. The van der Waals surface area contributed by atoms with Crippen molar-refractivity contribution in [3.63, 3.8) is 0 Å². The van der Waals surface area contributed by atoms with E-state index in [9.17, 15) is 13.2 Å². The average Bonchev–Trinajstić information content (AvgIpc) is 2.64. The van der Waals surface area contributed by atoms with Gasteiger partial charge in [-0.2, -0.15) is 4.72 Å².